The Hall–Kier alpha value is -2.99. The number of aromatic nitrogens is 3. The molecule has 25 heavy (non-hydrogen) atoms. The first-order valence-corrected chi connectivity index (χ1v) is 8.02. The first kappa shape index (κ1) is 16.9. The second-order valence-corrected chi connectivity index (χ2v) is 5.79. The fourth-order valence-electron chi connectivity index (χ4n) is 2.24. The van der Waals surface area contributed by atoms with Crippen LogP contribution in [0.4, 0.5) is 5.69 Å². The van der Waals surface area contributed by atoms with Crippen molar-refractivity contribution in [3.8, 4) is 5.82 Å². The first-order chi connectivity index (χ1) is 12.1. The fraction of sp³-hybridized carbons (Fsp3) is 0.111. The van der Waals surface area contributed by atoms with E-state index < -0.39 is 0 Å². The molecule has 0 unspecified atom stereocenters. The first-order valence-electron chi connectivity index (χ1n) is 7.65. The van der Waals surface area contributed by atoms with Crippen molar-refractivity contribution < 1.29 is 9.59 Å². The van der Waals surface area contributed by atoms with Gasteiger partial charge in [-0.05, 0) is 36.4 Å². The number of nitrogens with zero attached hydrogens (tertiary/aromatic N) is 3. The maximum absolute atomic E-state index is 12.0. The van der Waals surface area contributed by atoms with Crippen molar-refractivity contribution in [2.24, 2.45) is 0 Å². The number of anilines is 1. The molecule has 3 rings (SSSR count). The average molecular weight is 355 g/mol. The van der Waals surface area contributed by atoms with Crippen LogP contribution in [-0.2, 0) is 4.79 Å². The van der Waals surface area contributed by atoms with Crippen molar-refractivity contribution in [1.29, 1.82) is 0 Å². The molecule has 0 atom stereocenters. The molecule has 0 spiro atoms. The second kappa shape index (κ2) is 7.72. The number of ketones is 1. The fourth-order valence-corrected chi connectivity index (χ4v) is 2.36. The molecule has 0 aliphatic rings. The van der Waals surface area contributed by atoms with E-state index in [1.807, 2.05) is 0 Å². The van der Waals surface area contributed by atoms with Crippen LogP contribution in [0.1, 0.15) is 23.2 Å². The molecular weight excluding hydrogens is 340 g/mol. The zero-order valence-electron chi connectivity index (χ0n) is 13.2. The number of hydrogen-bond donors (Lipinski definition) is 1. The van der Waals surface area contributed by atoms with Crippen LogP contribution in [0.2, 0.25) is 5.02 Å². The number of rotatable bonds is 6. The highest BCUT2D eigenvalue weighted by molar-refractivity contribution is 6.30. The van der Waals surface area contributed by atoms with Crippen LogP contribution in [0, 0.1) is 0 Å². The van der Waals surface area contributed by atoms with Crippen molar-refractivity contribution in [2.75, 3.05) is 5.32 Å². The van der Waals surface area contributed by atoms with Gasteiger partial charge in [-0.25, -0.2) is 9.97 Å². The summed E-state index contributed by atoms with van der Waals surface area (Å²) < 4.78 is 1.76. The lowest BCUT2D eigenvalue weighted by atomic mass is 10.1. The minimum absolute atomic E-state index is 0.0969. The third kappa shape index (κ3) is 4.51. The quantitative estimate of drug-likeness (QED) is 0.687. The Morgan fingerprint density at radius 3 is 2.52 bits per heavy atom. The van der Waals surface area contributed by atoms with E-state index in [0.29, 0.717) is 22.1 Å². The molecule has 2 heterocycles. The summed E-state index contributed by atoms with van der Waals surface area (Å²) >= 11 is 5.79. The summed E-state index contributed by atoms with van der Waals surface area (Å²) in [6, 6.07) is 10.1. The van der Waals surface area contributed by atoms with E-state index in [0.717, 1.165) is 0 Å². The van der Waals surface area contributed by atoms with Gasteiger partial charge in [0.25, 0.3) is 0 Å². The van der Waals surface area contributed by atoms with Gasteiger partial charge in [-0.3, -0.25) is 14.2 Å². The molecule has 1 amide bonds. The van der Waals surface area contributed by atoms with E-state index in [4.69, 9.17) is 11.6 Å². The number of carbonyl (C=O) groups excluding carboxylic acids is 2. The van der Waals surface area contributed by atoms with E-state index in [1.165, 1.54) is 0 Å². The number of pyridine rings is 1. The number of halogens is 1. The molecule has 0 fully saturated rings. The summed E-state index contributed by atoms with van der Waals surface area (Å²) in [6.45, 7) is 0. The maximum Gasteiger partial charge on any atom is 0.224 e. The van der Waals surface area contributed by atoms with Crippen molar-refractivity contribution >= 4 is 29.0 Å². The van der Waals surface area contributed by atoms with Gasteiger partial charge >= 0.3 is 0 Å². The number of carbonyl (C=O) groups is 2. The molecule has 0 saturated carbocycles. The topological polar surface area (TPSA) is 76.9 Å². The van der Waals surface area contributed by atoms with E-state index in [9.17, 15) is 9.59 Å². The number of imidazole rings is 1. The van der Waals surface area contributed by atoms with Crippen molar-refractivity contribution in [3.05, 3.63) is 71.9 Å². The lowest BCUT2D eigenvalue weighted by Crippen LogP contribution is -2.13. The molecule has 3 aromatic rings. The van der Waals surface area contributed by atoms with E-state index in [1.54, 1.807) is 65.9 Å². The van der Waals surface area contributed by atoms with Gasteiger partial charge in [0.1, 0.15) is 12.1 Å². The molecule has 7 heteroatoms. The van der Waals surface area contributed by atoms with Crippen LogP contribution in [0.5, 0.6) is 0 Å². The minimum atomic E-state index is -0.237. The summed E-state index contributed by atoms with van der Waals surface area (Å²) in [5, 5.41) is 3.30. The Bertz CT molecular complexity index is 859. The Morgan fingerprint density at radius 2 is 1.88 bits per heavy atom. The molecule has 126 valence electrons. The Balaban J connectivity index is 1.52. The molecule has 0 aliphatic carbocycles. The molecule has 1 aromatic carbocycles. The van der Waals surface area contributed by atoms with Crippen LogP contribution in [0.3, 0.4) is 0 Å². The highest BCUT2D eigenvalue weighted by Crippen LogP contribution is 2.13. The summed E-state index contributed by atoms with van der Waals surface area (Å²) in [7, 11) is 0. The van der Waals surface area contributed by atoms with Crippen molar-refractivity contribution in [3.63, 3.8) is 0 Å². The molecule has 6 nitrogen and oxygen atoms in total. The summed E-state index contributed by atoms with van der Waals surface area (Å²) in [5.41, 5.74) is 1.12. The van der Waals surface area contributed by atoms with Crippen LogP contribution in [0.25, 0.3) is 5.82 Å². The van der Waals surface area contributed by atoms with Crippen LogP contribution in [0.15, 0.2) is 61.3 Å². The van der Waals surface area contributed by atoms with Gasteiger partial charge in [-0.1, -0.05) is 11.6 Å². The zero-order valence-corrected chi connectivity index (χ0v) is 14.0. The Labute approximate surface area is 149 Å². The van der Waals surface area contributed by atoms with Crippen LogP contribution >= 0.6 is 11.6 Å². The van der Waals surface area contributed by atoms with Gasteiger partial charge in [-0.2, -0.15) is 0 Å². The van der Waals surface area contributed by atoms with Gasteiger partial charge in [0.05, 0.1) is 11.9 Å². The molecule has 0 saturated heterocycles. The van der Waals surface area contributed by atoms with E-state index >= 15 is 0 Å². The predicted octanol–water partition coefficient (Wildman–Crippen LogP) is 3.52. The van der Waals surface area contributed by atoms with Gasteiger partial charge in [-0.15, -0.1) is 0 Å². The van der Waals surface area contributed by atoms with E-state index in [-0.39, 0.29) is 24.5 Å². The lowest BCUT2D eigenvalue weighted by Gasteiger charge is -2.06. The van der Waals surface area contributed by atoms with Gasteiger partial charge in [0.15, 0.2) is 5.78 Å². The number of hydrogen-bond acceptors (Lipinski definition) is 4. The van der Waals surface area contributed by atoms with Gasteiger partial charge in [0, 0.05) is 35.8 Å². The SMILES string of the molecule is O=C(CCC(=O)c1ccc(Cl)cc1)Nc1ccc(-n2ccnc2)nc1. The third-order valence-corrected chi connectivity index (χ3v) is 3.80. The summed E-state index contributed by atoms with van der Waals surface area (Å²) in [6.07, 6.45) is 6.88. The standard InChI is InChI=1S/C18H15ClN4O2/c19-14-3-1-13(2-4-14)16(24)6-8-18(25)22-15-5-7-17(21-11-15)23-10-9-20-12-23/h1-5,7,9-12H,6,8H2,(H,22,25). The van der Waals surface area contributed by atoms with Crippen molar-refractivity contribution in [2.45, 2.75) is 12.8 Å². The molecule has 0 bridgehead atoms. The normalized spacial score (nSPS) is 10.4. The minimum Gasteiger partial charge on any atom is -0.325 e. The Morgan fingerprint density at radius 1 is 1.08 bits per heavy atom. The summed E-state index contributed by atoms with van der Waals surface area (Å²) in [4.78, 5) is 32.2. The number of amides is 1. The zero-order chi connectivity index (χ0) is 17.6. The predicted molar refractivity (Wildman–Crippen MR) is 95.0 cm³/mol. The average Bonchev–Trinajstić information content (AvgIpc) is 3.15. The summed E-state index contributed by atoms with van der Waals surface area (Å²) in [5.74, 6) is 0.369. The molecule has 0 aliphatic heterocycles. The number of nitrogens with one attached hydrogen (secondary N) is 1. The monoisotopic (exact) mass is 354 g/mol. The highest BCUT2D eigenvalue weighted by Gasteiger charge is 2.10. The number of benzene rings is 1. The molecular formula is C18H15ClN4O2. The maximum atomic E-state index is 12.0. The van der Waals surface area contributed by atoms with Gasteiger partial charge in [0.2, 0.25) is 5.91 Å². The van der Waals surface area contributed by atoms with Crippen LogP contribution in [-0.4, -0.2) is 26.2 Å². The van der Waals surface area contributed by atoms with Gasteiger partial charge < -0.3 is 5.32 Å². The van der Waals surface area contributed by atoms with Crippen molar-refractivity contribution in [1.82, 2.24) is 14.5 Å². The molecule has 2 aromatic heterocycles. The Kier molecular flexibility index (Phi) is 5.20. The molecule has 0 radical (unpaired) electrons. The lowest BCUT2D eigenvalue weighted by molar-refractivity contribution is -0.116. The van der Waals surface area contributed by atoms with E-state index in [2.05, 4.69) is 15.3 Å². The highest BCUT2D eigenvalue weighted by atomic mass is 35.5. The largest absolute Gasteiger partial charge is 0.325 e. The third-order valence-electron chi connectivity index (χ3n) is 3.55. The second-order valence-electron chi connectivity index (χ2n) is 5.35. The van der Waals surface area contributed by atoms with Crippen LogP contribution < -0.4 is 5.32 Å². The smallest absolute Gasteiger partial charge is 0.224 e. The molecule has 1 N–H and O–H groups in total. The number of Topliss-reactive ketones (excluding diaryl/α,β-unsaturated/α-hetero) is 1.